The van der Waals surface area contributed by atoms with E-state index in [4.69, 9.17) is 4.74 Å². The van der Waals surface area contributed by atoms with Crippen molar-refractivity contribution in [1.82, 2.24) is 24.6 Å². The second kappa shape index (κ2) is 10.4. The highest BCUT2D eigenvalue weighted by atomic mass is 16.5. The first-order valence-electron chi connectivity index (χ1n) is 12.9. The molecule has 0 spiro atoms. The quantitative estimate of drug-likeness (QED) is 0.276. The molecule has 1 N–H and O–H groups in total. The van der Waals surface area contributed by atoms with Gasteiger partial charge in [0.05, 0.1) is 18.1 Å². The Morgan fingerprint density at radius 3 is 2.47 bits per heavy atom. The van der Waals surface area contributed by atoms with Gasteiger partial charge in [-0.1, -0.05) is 72.3 Å². The molecule has 2 aromatic heterocycles. The van der Waals surface area contributed by atoms with Gasteiger partial charge in [-0.25, -0.2) is 4.98 Å². The summed E-state index contributed by atoms with van der Waals surface area (Å²) in [5, 5.41) is 7.64. The van der Waals surface area contributed by atoms with Gasteiger partial charge >= 0.3 is 0 Å². The number of hydrogen-bond donors (Lipinski definition) is 1. The Morgan fingerprint density at radius 2 is 1.74 bits per heavy atom. The standard InChI is InChI=1S/C31H29N5O2/c1-22-8-10-24(11-9-22)28-27-29(34-33-28)31(37)36(18-5-17-35-19-16-32-21-35)30(27)25-12-14-26(15-13-25)38-20-23-6-3-2-4-7-23/h2-4,6-16,19,21,30H,5,17-18,20H2,1H3,(H,33,34). The summed E-state index contributed by atoms with van der Waals surface area (Å²) in [5.41, 5.74) is 6.64. The third-order valence-electron chi connectivity index (χ3n) is 7.01. The van der Waals surface area contributed by atoms with E-state index in [9.17, 15) is 4.79 Å². The Morgan fingerprint density at radius 1 is 0.947 bits per heavy atom. The van der Waals surface area contributed by atoms with Crippen molar-refractivity contribution in [3.05, 3.63) is 126 Å². The van der Waals surface area contributed by atoms with E-state index in [2.05, 4.69) is 58.5 Å². The van der Waals surface area contributed by atoms with Gasteiger partial charge in [0.1, 0.15) is 18.1 Å². The molecular weight excluding hydrogens is 474 g/mol. The zero-order valence-electron chi connectivity index (χ0n) is 21.2. The molecule has 1 atom stereocenters. The first kappa shape index (κ1) is 23.7. The molecule has 190 valence electrons. The molecule has 7 heteroatoms. The maximum absolute atomic E-state index is 13.6. The first-order chi connectivity index (χ1) is 18.7. The first-order valence-corrected chi connectivity index (χ1v) is 12.9. The highest BCUT2D eigenvalue weighted by Crippen LogP contribution is 2.43. The lowest BCUT2D eigenvalue weighted by molar-refractivity contribution is 0.0739. The van der Waals surface area contributed by atoms with Gasteiger partial charge in [0.25, 0.3) is 5.91 Å². The van der Waals surface area contributed by atoms with Crippen LogP contribution in [0.4, 0.5) is 0 Å². The van der Waals surface area contributed by atoms with E-state index < -0.39 is 0 Å². The van der Waals surface area contributed by atoms with Gasteiger partial charge < -0.3 is 14.2 Å². The van der Waals surface area contributed by atoms with Crippen LogP contribution in [0.1, 0.15) is 45.2 Å². The minimum Gasteiger partial charge on any atom is -0.489 e. The largest absolute Gasteiger partial charge is 0.489 e. The maximum atomic E-state index is 13.6. The summed E-state index contributed by atoms with van der Waals surface area (Å²) in [7, 11) is 0. The smallest absolute Gasteiger partial charge is 0.273 e. The van der Waals surface area contributed by atoms with Gasteiger partial charge in [0, 0.05) is 36.6 Å². The van der Waals surface area contributed by atoms with Crippen LogP contribution in [-0.2, 0) is 13.2 Å². The normalized spacial score (nSPS) is 14.6. The molecule has 0 saturated heterocycles. The average Bonchev–Trinajstić information content (AvgIpc) is 3.68. The van der Waals surface area contributed by atoms with Gasteiger partial charge in [-0.3, -0.25) is 9.89 Å². The van der Waals surface area contributed by atoms with E-state index in [0.717, 1.165) is 46.7 Å². The Bertz CT molecular complexity index is 1510. The molecule has 7 nitrogen and oxygen atoms in total. The molecule has 3 heterocycles. The molecular formula is C31H29N5O2. The van der Waals surface area contributed by atoms with Crippen molar-refractivity contribution in [3.8, 4) is 17.0 Å². The molecule has 0 radical (unpaired) electrons. The Balaban J connectivity index is 1.30. The van der Waals surface area contributed by atoms with Crippen LogP contribution >= 0.6 is 0 Å². The number of aryl methyl sites for hydroxylation is 2. The Labute approximate surface area is 221 Å². The third kappa shape index (κ3) is 4.70. The highest BCUT2D eigenvalue weighted by Gasteiger charge is 2.41. The summed E-state index contributed by atoms with van der Waals surface area (Å²) < 4.78 is 8.05. The molecule has 5 aromatic rings. The van der Waals surface area contributed by atoms with Crippen molar-refractivity contribution in [2.24, 2.45) is 0 Å². The Hall–Kier alpha value is -4.65. The summed E-state index contributed by atoms with van der Waals surface area (Å²) in [5.74, 6) is 0.769. The van der Waals surface area contributed by atoms with Crippen LogP contribution in [0.5, 0.6) is 5.75 Å². The number of benzene rings is 3. The number of nitrogens with one attached hydrogen (secondary N) is 1. The van der Waals surface area contributed by atoms with E-state index in [1.807, 2.05) is 58.1 Å². The fourth-order valence-electron chi connectivity index (χ4n) is 5.04. The van der Waals surface area contributed by atoms with Gasteiger partial charge in [0.2, 0.25) is 0 Å². The SMILES string of the molecule is Cc1ccc(-c2n[nH]c3c2C(c2ccc(OCc4ccccc4)cc2)N(CCCn2ccnc2)C3=O)cc1. The number of hydrogen-bond acceptors (Lipinski definition) is 4. The monoisotopic (exact) mass is 503 g/mol. The van der Waals surface area contributed by atoms with Crippen LogP contribution in [0.15, 0.2) is 97.6 Å². The van der Waals surface area contributed by atoms with Crippen LogP contribution < -0.4 is 4.74 Å². The van der Waals surface area contributed by atoms with Crippen molar-refractivity contribution >= 4 is 5.91 Å². The average molecular weight is 504 g/mol. The second-order valence-corrected chi connectivity index (χ2v) is 9.63. The number of carbonyl (C=O) groups excluding carboxylic acids is 1. The molecule has 0 saturated carbocycles. The van der Waals surface area contributed by atoms with E-state index in [1.165, 1.54) is 5.56 Å². The van der Waals surface area contributed by atoms with Gasteiger partial charge in [-0.05, 0) is 36.6 Å². The predicted molar refractivity (Wildman–Crippen MR) is 146 cm³/mol. The molecule has 0 aliphatic carbocycles. The van der Waals surface area contributed by atoms with Gasteiger partial charge in [0.15, 0.2) is 0 Å². The van der Waals surface area contributed by atoms with Crippen molar-refractivity contribution < 1.29 is 9.53 Å². The number of aromatic nitrogens is 4. The van der Waals surface area contributed by atoms with Crippen molar-refractivity contribution in [3.63, 3.8) is 0 Å². The van der Waals surface area contributed by atoms with Crippen molar-refractivity contribution in [2.75, 3.05) is 6.54 Å². The zero-order chi connectivity index (χ0) is 25.9. The number of imidazole rings is 1. The number of ether oxygens (including phenoxy) is 1. The molecule has 3 aromatic carbocycles. The number of nitrogens with zero attached hydrogens (tertiary/aromatic N) is 4. The van der Waals surface area contributed by atoms with Crippen LogP contribution in [0.3, 0.4) is 0 Å². The predicted octanol–water partition coefficient (Wildman–Crippen LogP) is 5.80. The van der Waals surface area contributed by atoms with Crippen LogP contribution in [0.25, 0.3) is 11.3 Å². The summed E-state index contributed by atoms with van der Waals surface area (Å²) >= 11 is 0. The molecule has 6 rings (SSSR count). The highest BCUT2D eigenvalue weighted by molar-refractivity contribution is 6.00. The lowest BCUT2D eigenvalue weighted by atomic mass is 9.95. The van der Waals surface area contributed by atoms with Crippen molar-refractivity contribution in [1.29, 1.82) is 0 Å². The van der Waals surface area contributed by atoms with Crippen molar-refractivity contribution in [2.45, 2.75) is 32.5 Å². The zero-order valence-corrected chi connectivity index (χ0v) is 21.2. The minimum atomic E-state index is -0.237. The number of rotatable bonds is 9. The van der Waals surface area contributed by atoms with Crippen LogP contribution in [-0.4, -0.2) is 37.1 Å². The van der Waals surface area contributed by atoms with E-state index >= 15 is 0 Å². The molecule has 1 aliphatic heterocycles. The van der Waals surface area contributed by atoms with Gasteiger partial charge in [-0.2, -0.15) is 5.10 Å². The van der Waals surface area contributed by atoms with E-state index in [1.54, 1.807) is 12.5 Å². The fraction of sp³-hybridized carbons (Fsp3) is 0.194. The third-order valence-corrected chi connectivity index (χ3v) is 7.01. The van der Waals surface area contributed by atoms with E-state index in [-0.39, 0.29) is 11.9 Å². The molecule has 1 amide bonds. The molecule has 0 bridgehead atoms. The Kier molecular flexibility index (Phi) is 6.48. The second-order valence-electron chi connectivity index (χ2n) is 9.63. The molecule has 38 heavy (non-hydrogen) atoms. The van der Waals surface area contributed by atoms with Crippen LogP contribution in [0.2, 0.25) is 0 Å². The molecule has 1 unspecified atom stereocenters. The molecule has 0 fully saturated rings. The number of fused-ring (bicyclic) bond motifs is 1. The number of amides is 1. The lowest BCUT2D eigenvalue weighted by Gasteiger charge is -2.26. The number of aromatic amines is 1. The summed E-state index contributed by atoms with van der Waals surface area (Å²) in [4.78, 5) is 19.7. The summed E-state index contributed by atoms with van der Waals surface area (Å²) in [6, 6.07) is 26.2. The fourth-order valence-corrected chi connectivity index (χ4v) is 5.04. The number of H-pyrrole nitrogens is 1. The summed E-state index contributed by atoms with van der Waals surface area (Å²) in [6.07, 6.45) is 6.34. The topological polar surface area (TPSA) is 76.0 Å². The van der Waals surface area contributed by atoms with Crippen LogP contribution in [0, 0.1) is 6.92 Å². The maximum Gasteiger partial charge on any atom is 0.273 e. The van der Waals surface area contributed by atoms with E-state index in [0.29, 0.717) is 18.8 Å². The minimum absolute atomic E-state index is 0.0223. The summed E-state index contributed by atoms with van der Waals surface area (Å²) in [6.45, 7) is 3.98. The lowest BCUT2D eigenvalue weighted by Crippen LogP contribution is -2.31. The molecule has 1 aliphatic rings. The number of carbonyl (C=O) groups is 1. The van der Waals surface area contributed by atoms with Gasteiger partial charge in [-0.15, -0.1) is 0 Å².